The van der Waals surface area contributed by atoms with E-state index >= 15 is 0 Å². The van der Waals surface area contributed by atoms with E-state index in [0.717, 1.165) is 18.9 Å². The van der Waals surface area contributed by atoms with E-state index in [1.165, 1.54) is 19.3 Å². The Balaban J connectivity index is 2.34. The molecule has 0 spiro atoms. The molecular formula is C13H27NO. The Morgan fingerprint density at radius 1 is 1.20 bits per heavy atom. The van der Waals surface area contributed by atoms with Crippen molar-refractivity contribution >= 4 is 0 Å². The maximum Gasteiger partial charge on any atom is 0.0448 e. The molecule has 0 aliphatic heterocycles. The van der Waals surface area contributed by atoms with Crippen molar-refractivity contribution in [3.8, 4) is 0 Å². The van der Waals surface area contributed by atoms with Crippen LogP contribution in [-0.4, -0.2) is 23.8 Å². The molecule has 0 aromatic rings. The minimum Gasteiger partial charge on any atom is -0.396 e. The molecule has 0 heterocycles. The largest absolute Gasteiger partial charge is 0.396 e. The zero-order chi connectivity index (χ0) is 11.5. The Bertz CT molecular complexity index is 195. The van der Waals surface area contributed by atoms with Gasteiger partial charge >= 0.3 is 0 Å². The molecule has 0 saturated heterocycles. The summed E-state index contributed by atoms with van der Waals surface area (Å²) in [5.41, 5.74) is 0.473. The summed E-state index contributed by atoms with van der Waals surface area (Å²) >= 11 is 0. The molecule has 2 heteroatoms. The van der Waals surface area contributed by atoms with Crippen LogP contribution in [0.5, 0.6) is 0 Å². The summed E-state index contributed by atoms with van der Waals surface area (Å²) in [4.78, 5) is 0. The van der Waals surface area contributed by atoms with E-state index in [-0.39, 0.29) is 12.1 Å². The van der Waals surface area contributed by atoms with Crippen molar-refractivity contribution in [2.24, 2.45) is 11.3 Å². The van der Waals surface area contributed by atoms with E-state index in [0.29, 0.717) is 5.41 Å². The maximum absolute atomic E-state index is 8.96. The maximum atomic E-state index is 8.96. The Morgan fingerprint density at radius 3 is 2.20 bits per heavy atom. The first-order valence-electron chi connectivity index (χ1n) is 6.23. The highest BCUT2D eigenvalue weighted by Gasteiger charge is 2.34. The van der Waals surface area contributed by atoms with Crippen LogP contribution < -0.4 is 5.32 Å². The molecule has 0 atom stereocenters. The number of nitrogens with one attached hydrogen (secondary N) is 1. The summed E-state index contributed by atoms with van der Waals surface area (Å²) in [5.74, 6) is 0.898. The molecule has 1 aliphatic rings. The first kappa shape index (κ1) is 13.0. The topological polar surface area (TPSA) is 32.3 Å². The SMILES string of the molecule is CC(C)(CCO)NCC(C)(C)C1CCC1. The molecule has 0 aromatic carbocycles. The quantitative estimate of drug-likeness (QED) is 0.711. The Morgan fingerprint density at radius 2 is 1.80 bits per heavy atom. The number of rotatable bonds is 6. The Hall–Kier alpha value is -0.0800. The number of aliphatic hydroxyl groups excluding tert-OH is 1. The molecule has 1 aliphatic carbocycles. The van der Waals surface area contributed by atoms with Crippen molar-refractivity contribution < 1.29 is 5.11 Å². The summed E-state index contributed by atoms with van der Waals surface area (Å²) in [5, 5.41) is 12.5. The van der Waals surface area contributed by atoms with Gasteiger partial charge in [0.05, 0.1) is 0 Å². The summed E-state index contributed by atoms with van der Waals surface area (Å²) in [7, 11) is 0. The fraction of sp³-hybridized carbons (Fsp3) is 1.00. The van der Waals surface area contributed by atoms with Crippen LogP contribution in [0.2, 0.25) is 0 Å². The lowest BCUT2D eigenvalue weighted by molar-refractivity contribution is 0.104. The highest BCUT2D eigenvalue weighted by Crippen LogP contribution is 2.41. The number of hydrogen-bond acceptors (Lipinski definition) is 2. The molecule has 2 N–H and O–H groups in total. The fourth-order valence-corrected chi connectivity index (χ4v) is 2.17. The minimum atomic E-state index is 0.0652. The van der Waals surface area contributed by atoms with Gasteiger partial charge in [-0.3, -0.25) is 0 Å². The van der Waals surface area contributed by atoms with Crippen LogP contribution in [-0.2, 0) is 0 Å². The molecule has 0 aromatic heterocycles. The molecule has 90 valence electrons. The zero-order valence-corrected chi connectivity index (χ0v) is 10.8. The second kappa shape index (κ2) is 4.84. The first-order chi connectivity index (χ1) is 6.87. The van der Waals surface area contributed by atoms with Gasteiger partial charge in [0.2, 0.25) is 0 Å². The van der Waals surface area contributed by atoms with Gasteiger partial charge in [0, 0.05) is 18.7 Å². The first-order valence-corrected chi connectivity index (χ1v) is 6.23. The van der Waals surface area contributed by atoms with Crippen molar-refractivity contribution in [3.63, 3.8) is 0 Å². The van der Waals surface area contributed by atoms with Crippen LogP contribution in [0, 0.1) is 11.3 Å². The van der Waals surface area contributed by atoms with Crippen LogP contribution in [0.1, 0.15) is 53.4 Å². The van der Waals surface area contributed by atoms with Gasteiger partial charge in [0.15, 0.2) is 0 Å². The van der Waals surface area contributed by atoms with E-state index in [1.54, 1.807) is 0 Å². The average molecular weight is 213 g/mol. The van der Waals surface area contributed by atoms with E-state index in [9.17, 15) is 0 Å². The molecule has 1 rings (SSSR count). The zero-order valence-electron chi connectivity index (χ0n) is 10.8. The van der Waals surface area contributed by atoms with Gasteiger partial charge in [0.25, 0.3) is 0 Å². The van der Waals surface area contributed by atoms with Gasteiger partial charge in [-0.05, 0) is 44.4 Å². The third-order valence-corrected chi connectivity index (χ3v) is 3.97. The van der Waals surface area contributed by atoms with Gasteiger partial charge < -0.3 is 10.4 Å². The highest BCUT2D eigenvalue weighted by molar-refractivity contribution is 4.88. The predicted octanol–water partition coefficient (Wildman–Crippen LogP) is 2.56. The Kier molecular flexibility index (Phi) is 4.19. The van der Waals surface area contributed by atoms with E-state index in [2.05, 4.69) is 33.0 Å². The van der Waals surface area contributed by atoms with Crippen LogP contribution >= 0.6 is 0 Å². The normalized spacial score (nSPS) is 19.0. The monoisotopic (exact) mass is 213 g/mol. The van der Waals surface area contributed by atoms with Gasteiger partial charge in [-0.15, -0.1) is 0 Å². The molecule has 0 bridgehead atoms. The van der Waals surface area contributed by atoms with E-state index in [4.69, 9.17) is 5.11 Å². The number of aliphatic hydroxyl groups is 1. The van der Waals surface area contributed by atoms with Crippen molar-refractivity contribution in [1.82, 2.24) is 5.32 Å². The van der Waals surface area contributed by atoms with Crippen LogP contribution in [0.3, 0.4) is 0 Å². The van der Waals surface area contributed by atoms with Crippen LogP contribution in [0.25, 0.3) is 0 Å². The molecule has 2 nitrogen and oxygen atoms in total. The highest BCUT2D eigenvalue weighted by atomic mass is 16.3. The van der Waals surface area contributed by atoms with Gasteiger partial charge in [-0.1, -0.05) is 20.3 Å². The summed E-state index contributed by atoms with van der Waals surface area (Å²) in [6.45, 7) is 10.4. The lowest BCUT2D eigenvalue weighted by atomic mass is 9.67. The molecule has 0 radical (unpaired) electrons. The summed E-state index contributed by atoms with van der Waals surface area (Å²) in [6, 6.07) is 0. The van der Waals surface area contributed by atoms with E-state index in [1.807, 2.05) is 0 Å². The third-order valence-electron chi connectivity index (χ3n) is 3.97. The lowest BCUT2D eigenvalue weighted by Crippen LogP contribution is -2.47. The second-order valence-electron chi connectivity index (χ2n) is 6.33. The number of hydrogen-bond donors (Lipinski definition) is 2. The van der Waals surface area contributed by atoms with Gasteiger partial charge in [-0.2, -0.15) is 0 Å². The average Bonchev–Trinajstić information content (AvgIpc) is 1.97. The molecule has 0 unspecified atom stereocenters. The standard InChI is InChI=1S/C13H27NO/c1-12(2,11-6-5-7-11)10-14-13(3,4)8-9-15/h11,14-15H,5-10H2,1-4H3. The van der Waals surface area contributed by atoms with Crippen LogP contribution in [0.4, 0.5) is 0 Å². The van der Waals surface area contributed by atoms with Crippen molar-refractivity contribution in [2.75, 3.05) is 13.2 Å². The molecular weight excluding hydrogens is 186 g/mol. The lowest BCUT2D eigenvalue weighted by Gasteiger charge is -2.42. The molecule has 1 saturated carbocycles. The molecule has 0 amide bonds. The third kappa shape index (κ3) is 3.76. The summed E-state index contributed by atoms with van der Waals surface area (Å²) in [6.07, 6.45) is 5.03. The predicted molar refractivity (Wildman–Crippen MR) is 64.9 cm³/mol. The molecule has 1 fully saturated rings. The van der Waals surface area contributed by atoms with Crippen molar-refractivity contribution in [1.29, 1.82) is 0 Å². The second-order valence-corrected chi connectivity index (χ2v) is 6.33. The van der Waals surface area contributed by atoms with Crippen molar-refractivity contribution in [3.05, 3.63) is 0 Å². The van der Waals surface area contributed by atoms with E-state index < -0.39 is 0 Å². The van der Waals surface area contributed by atoms with Crippen molar-refractivity contribution in [2.45, 2.75) is 58.9 Å². The van der Waals surface area contributed by atoms with Crippen LogP contribution in [0.15, 0.2) is 0 Å². The van der Waals surface area contributed by atoms with Gasteiger partial charge in [-0.25, -0.2) is 0 Å². The minimum absolute atomic E-state index is 0.0652. The fourth-order valence-electron chi connectivity index (χ4n) is 2.17. The smallest absolute Gasteiger partial charge is 0.0448 e. The van der Waals surface area contributed by atoms with Gasteiger partial charge in [0.1, 0.15) is 0 Å². The Labute approximate surface area is 94.5 Å². The summed E-state index contributed by atoms with van der Waals surface area (Å²) < 4.78 is 0. The molecule has 15 heavy (non-hydrogen) atoms.